The van der Waals surface area contributed by atoms with Crippen molar-refractivity contribution in [3.63, 3.8) is 0 Å². The van der Waals surface area contributed by atoms with Crippen molar-refractivity contribution in [3.05, 3.63) is 66.7 Å². The number of piperazine rings is 1. The first kappa shape index (κ1) is 20.7. The number of anilines is 1. The molecule has 1 atom stereocenters. The summed E-state index contributed by atoms with van der Waals surface area (Å²) in [6.07, 6.45) is 3.28. The molecule has 32 heavy (non-hydrogen) atoms. The van der Waals surface area contributed by atoms with E-state index >= 15 is 0 Å². The van der Waals surface area contributed by atoms with Crippen LogP contribution in [0.3, 0.4) is 0 Å². The third-order valence-electron chi connectivity index (χ3n) is 5.90. The third-order valence-corrected chi connectivity index (χ3v) is 7.99. The molecule has 0 unspecified atom stereocenters. The van der Waals surface area contributed by atoms with E-state index in [9.17, 15) is 12.8 Å². The van der Waals surface area contributed by atoms with E-state index in [0.29, 0.717) is 19.6 Å². The zero-order valence-corrected chi connectivity index (χ0v) is 18.6. The summed E-state index contributed by atoms with van der Waals surface area (Å²) in [5, 5.41) is 9.62. The van der Waals surface area contributed by atoms with Gasteiger partial charge in [-0.3, -0.25) is 4.68 Å². The van der Waals surface area contributed by atoms with Gasteiger partial charge >= 0.3 is 0 Å². The summed E-state index contributed by atoms with van der Waals surface area (Å²) in [5.74, 6) is -0.286. The zero-order chi connectivity index (χ0) is 22.5. The smallest absolute Gasteiger partial charge is 0.260 e. The number of benzene rings is 2. The van der Waals surface area contributed by atoms with E-state index in [0.717, 1.165) is 22.3 Å². The Morgan fingerprint density at radius 2 is 1.75 bits per heavy atom. The molecule has 166 valence electrons. The lowest BCUT2D eigenvalue weighted by atomic mass is 10.1. The molecular formula is C22H23FN6O2S. The van der Waals surface area contributed by atoms with Crippen molar-refractivity contribution in [2.75, 3.05) is 24.5 Å². The summed E-state index contributed by atoms with van der Waals surface area (Å²) >= 11 is 0. The van der Waals surface area contributed by atoms with Crippen molar-refractivity contribution in [2.45, 2.75) is 18.0 Å². The van der Waals surface area contributed by atoms with Gasteiger partial charge < -0.3 is 4.90 Å². The molecule has 8 nitrogen and oxygen atoms in total. The van der Waals surface area contributed by atoms with Gasteiger partial charge in [0, 0.05) is 43.8 Å². The average Bonchev–Trinajstić information content (AvgIpc) is 3.40. The summed E-state index contributed by atoms with van der Waals surface area (Å²) in [5.41, 5.74) is 2.73. The minimum absolute atomic E-state index is 0.193. The maximum absolute atomic E-state index is 13.3. The second-order valence-corrected chi connectivity index (χ2v) is 9.82. The van der Waals surface area contributed by atoms with Gasteiger partial charge in [0.1, 0.15) is 5.82 Å². The Balaban J connectivity index is 1.38. The van der Waals surface area contributed by atoms with Gasteiger partial charge in [0.25, 0.3) is 10.0 Å². The standard InChI is InChI=1S/C22H23FN6O2S/c1-16-15-27(11-12-28(16)32(30,31)22-9-10-24-26(22)2)20-7-8-21-17(13-20)14-25-29(21)19-5-3-18(23)4-6-19/h3-10,13-14,16H,11-12,15H2,1-2H3/t16-/m1/s1. The van der Waals surface area contributed by atoms with E-state index in [1.807, 2.05) is 19.1 Å². The van der Waals surface area contributed by atoms with Gasteiger partial charge in [-0.1, -0.05) is 0 Å². The molecule has 3 heterocycles. The Hall–Kier alpha value is -3.24. The maximum atomic E-state index is 13.3. The monoisotopic (exact) mass is 454 g/mol. The third kappa shape index (κ3) is 3.45. The summed E-state index contributed by atoms with van der Waals surface area (Å²) in [6, 6.07) is 13.6. The fraction of sp³-hybridized carbons (Fsp3) is 0.273. The molecule has 0 amide bonds. The predicted octanol–water partition coefficient (Wildman–Crippen LogP) is 2.80. The minimum Gasteiger partial charge on any atom is -0.369 e. The number of aromatic nitrogens is 4. The van der Waals surface area contributed by atoms with Gasteiger partial charge in [-0.15, -0.1) is 0 Å². The number of rotatable bonds is 4. The lowest BCUT2D eigenvalue weighted by Crippen LogP contribution is -2.54. The topological polar surface area (TPSA) is 76.3 Å². The Labute approximate surface area is 185 Å². The van der Waals surface area contributed by atoms with Gasteiger partial charge in [0.05, 0.1) is 23.6 Å². The number of sulfonamides is 1. The molecule has 0 bridgehead atoms. The van der Waals surface area contributed by atoms with Crippen LogP contribution in [0.2, 0.25) is 0 Å². The van der Waals surface area contributed by atoms with Crippen molar-refractivity contribution in [1.82, 2.24) is 23.9 Å². The van der Waals surface area contributed by atoms with Gasteiger partial charge in [-0.05, 0) is 55.5 Å². The highest BCUT2D eigenvalue weighted by Gasteiger charge is 2.35. The first-order valence-electron chi connectivity index (χ1n) is 10.3. The Morgan fingerprint density at radius 1 is 1.00 bits per heavy atom. The summed E-state index contributed by atoms with van der Waals surface area (Å²) in [4.78, 5) is 2.19. The molecule has 2 aromatic heterocycles. The normalized spacial score (nSPS) is 17.8. The summed E-state index contributed by atoms with van der Waals surface area (Å²) < 4.78 is 44.1. The molecule has 4 aromatic rings. The fourth-order valence-corrected chi connectivity index (χ4v) is 5.99. The van der Waals surface area contributed by atoms with Crippen LogP contribution >= 0.6 is 0 Å². The Kier molecular flexibility index (Phi) is 4.98. The van der Waals surface area contributed by atoms with E-state index in [1.54, 1.807) is 34.4 Å². The van der Waals surface area contributed by atoms with Gasteiger partial charge in [0.2, 0.25) is 0 Å². The molecule has 0 spiro atoms. The molecule has 1 fully saturated rings. The number of aryl methyl sites for hydroxylation is 1. The molecular weight excluding hydrogens is 431 g/mol. The highest BCUT2D eigenvalue weighted by Crippen LogP contribution is 2.28. The summed E-state index contributed by atoms with van der Waals surface area (Å²) in [7, 11) is -1.97. The van der Waals surface area contributed by atoms with Crippen LogP contribution in [0.25, 0.3) is 16.6 Å². The second-order valence-electron chi connectivity index (χ2n) is 7.98. The largest absolute Gasteiger partial charge is 0.369 e. The number of hydrogen-bond donors (Lipinski definition) is 0. The maximum Gasteiger partial charge on any atom is 0.260 e. The number of fused-ring (bicyclic) bond motifs is 1. The van der Waals surface area contributed by atoms with Crippen LogP contribution in [0.1, 0.15) is 6.92 Å². The lowest BCUT2D eigenvalue weighted by molar-refractivity contribution is 0.304. The number of nitrogens with zero attached hydrogens (tertiary/aromatic N) is 6. The van der Waals surface area contributed by atoms with Crippen LogP contribution in [0, 0.1) is 5.82 Å². The molecule has 0 radical (unpaired) electrons. The highest BCUT2D eigenvalue weighted by molar-refractivity contribution is 7.89. The molecule has 2 aromatic carbocycles. The van der Waals surface area contributed by atoms with Crippen LogP contribution in [0.5, 0.6) is 0 Å². The van der Waals surface area contributed by atoms with Crippen LogP contribution in [-0.4, -0.2) is 58.0 Å². The van der Waals surface area contributed by atoms with Crippen molar-refractivity contribution < 1.29 is 12.8 Å². The highest BCUT2D eigenvalue weighted by atomic mass is 32.2. The van der Waals surface area contributed by atoms with Crippen molar-refractivity contribution >= 4 is 26.6 Å². The second kappa shape index (κ2) is 7.72. The summed E-state index contributed by atoms with van der Waals surface area (Å²) in [6.45, 7) is 3.47. The van der Waals surface area contributed by atoms with Crippen molar-refractivity contribution in [3.8, 4) is 5.69 Å². The predicted molar refractivity (Wildman–Crippen MR) is 120 cm³/mol. The molecule has 0 aliphatic carbocycles. The van der Waals surface area contributed by atoms with E-state index < -0.39 is 10.0 Å². The first-order chi connectivity index (χ1) is 15.3. The zero-order valence-electron chi connectivity index (χ0n) is 17.8. The van der Waals surface area contributed by atoms with Crippen LogP contribution in [0.4, 0.5) is 10.1 Å². The molecule has 0 N–H and O–H groups in total. The molecule has 1 aliphatic rings. The number of hydrogen-bond acceptors (Lipinski definition) is 5. The lowest BCUT2D eigenvalue weighted by Gasteiger charge is -2.40. The first-order valence-corrected chi connectivity index (χ1v) is 11.8. The van der Waals surface area contributed by atoms with Crippen molar-refractivity contribution in [2.24, 2.45) is 7.05 Å². The fourth-order valence-electron chi connectivity index (χ4n) is 4.27. The molecule has 0 saturated carbocycles. The quantitative estimate of drug-likeness (QED) is 0.474. The van der Waals surface area contributed by atoms with Crippen LogP contribution in [-0.2, 0) is 17.1 Å². The SMILES string of the molecule is C[C@@H]1CN(c2ccc3c(cnn3-c3ccc(F)cc3)c2)CCN1S(=O)(=O)c1ccnn1C. The van der Waals surface area contributed by atoms with Gasteiger partial charge in [-0.25, -0.2) is 17.5 Å². The molecule has 1 aliphatic heterocycles. The molecule has 5 rings (SSSR count). The average molecular weight is 455 g/mol. The van der Waals surface area contributed by atoms with Crippen molar-refractivity contribution in [1.29, 1.82) is 0 Å². The Morgan fingerprint density at radius 3 is 2.44 bits per heavy atom. The molecule has 1 saturated heterocycles. The van der Waals surface area contributed by atoms with Gasteiger partial charge in [0.15, 0.2) is 5.03 Å². The van der Waals surface area contributed by atoms with Crippen LogP contribution in [0.15, 0.2) is 66.0 Å². The van der Waals surface area contributed by atoms with E-state index in [2.05, 4.69) is 21.2 Å². The van der Waals surface area contributed by atoms with E-state index in [4.69, 9.17) is 0 Å². The van der Waals surface area contributed by atoms with E-state index in [1.165, 1.54) is 29.1 Å². The van der Waals surface area contributed by atoms with E-state index in [-0.39, 0.29) is 16.9 Å². The van der Waals surface area contributed by atoms with Gasteiger partial charge in [-0.2, -0.15) is 14.5 Å². The minimum atomic E-state index is -3.60. The molecule has 10 heteroatoms. The number of halogens is 1. The Bertz CT molecular complexity index is 1380. The van der Waals surface area contributed by atoms with Crippen LogP contribution < -0.4 is 4.90 Å².